The molecule has 0 bridgehead atoms. The predicted molar refractivity (Wildman–Crippen MR) is 97.0 cm³/mol. The Morgan fingerprint density at radius 3 is 2.54 bits per heavy atom. The largest absolute Gasteiger partial charge is 0.396 e. The summed E-state index contributed by atoms with van der Waals surface area (Å²) < 4.78 is 0. The number of azo groups is 1. The van der Waals surface area contributed by atoms with E-state index in [1.165, 1.54) is 0 Å². The SMILES string of the molecule is Cc1nc(Cl)c(/N=N/c2ccccc2)c(N[C@@H]2C[C@H](CO)[C@@H](O)[C@H]2O)n1. The Bertz CT molecular complexity index is 789. The Kier molecular flexibility index (Phi) is 5.77. The topological polar surface area (TPSA) is 123 Å². The van der Waals surface area contributed by atoms with E-state index in [1.54, 1.807) is 19.1 Å². The molecule has 138 valence electrons. The van der Waals surface area contributed by atoms with E-state index >= 15 is 0 Å². The number of hydrogen-bond donors (Lipinski definition) is 4. The number of aromatic nitrogens is 2. The van der Waals surface area contributed by atoms with Gasteiger partial charge >= 0.3 is 0 Å². The summed E-state index contributed by atoms with van der Waals surface area (Å²) in [6, 6.07) is 8.64. The smallest absolute Gasteiger partial charge is 0.165 e. The first-order valence-corrected chi connectivity index (χ1v) is 8.62. The summed E-state index contributed by atoms with van der Waals surface area (Å²) in [7, 11) is 0. The van der Waals surface area contributed by atoms with Crippen LogP contribution in [0, 0.1) is 12.8 Å². The molecule has 0 spiro atoms. The van der Waals surface area contributed by atoms with Crippen LogP contribution in [-0.4, -0.2) is 50.1 Å². The van der Waals surface area contributed by atoms with E-state index in [0.717, 1.165) is 0 Å². The van der Waals surface area contributed by atoms with Gasteiger partial charge in [-0.3, -0.25) is 0 Å². The third kappa shape index (κ3) is 3.99. The van der Waals surface area contributed by atoms with Crippen LogP contribution in [-0.2, 0) is 0 Å². The summed E-state index contributed by atoms with van der Waals surface area (Å²) >= 11 is 6.21. The highest BCUT2D eigenvalue weighted by Crippen LogP contribution is 2.35. The predicted octanol–water partition coefficient (Wildman–Crippen LogP) is 2.37. The van der Waals surface area contributed by atoms with Gasteiger partial charge in [-0.05, 0) is 25.5 Å². The number of aryl methyl sites for hydroxylation is 1. The summed E-state index contributed by atoms with van der Waals surface area (Å²) in [5.41, 5.74) is 0.891. The van der Waals surface area contributed by atoms with Crippen molar-refractivity contribution in [1.82, 2.24) is 9.97 Å². The van der Waals surface area contributed by atoms with Crippen LogP contribution in [0.1, 0.15) is 12.2 Å². The fourth-order valence-corrected chi connectivity index (χ4v) is 3.20. The Hall–Kier alpha value is -2.13. The molecule has 4 N–H and O–H groups in total. The lowest BCUT2D eigenvalue weighted by Gasteiger charge is -2.19. The minimum atomic E-state index is -1.04. The lowest BCUT2D eigenvalue weighted by molar-refractivity contribution is 0.00446. The van der Waals surface area contributed by atoms with Crippen molar-refractivity contribution in [3.8, 4) is 0 Å². The first-order chi connectivity index (χ1) is 12.5. The molecule has 1 saturated carbocycles. The zero-order chi connectivity index (χ0) is 18.7. The number of nitrogens with zero attached hydrogens (tertiary/aromatic N) is 4. The second kappa shape index (κ2) is 8.05. The van der Waals surface area contributed by atoms with Crippen LogP contribution in [0.4, 0.5) is 17.2 Å². The van der Waals surface area contributed by atoms with Crippen molar-refractivity contribution in [2.24, 2.45) is 16.1 Å². The van der Waals surface area contributed by atoms with Gasteiger partial charge in [0, 0.05) is 12.5 Å². The highest BCUT2D eigenvalue weighted by atomic mass is 35.5. The molecule has 0 amide bonds. The van der Waals surface area contributed by atoms with Crippen LogP contribution in [0.2, 0.25) is 5.15 Å². The molecule has 2 aromatic rings. The van der Waals surface area contributed by atoms with Crippen LogP contribution >= 0.6 is 11.6 Å². The van der Waals surface area contributed by atoms with Gasteiger partial charge in [-0.1, -0.05) is 29.8 Å². The van der Waals surface area contributed by atoms with Gasteiger partial charge in [0.2, 0.25) is 0 Å². The fourth-order valence-electron chi connectivity index (χ4n) is 2.95. The maximum absolute atomic E-state index is 10.2. The molecular weight excluding hydrogens is 358 g/mol. The van der Waals surface area contributed by atoms with E-state index in [2.05, 4.69) is 25.5 Å². The van der Waals surface area contributed by atoms with Crippen LogP contribution in [0.5, 0.6) is 0 Å². The molecule has 1 aromatic carbocycles. The number of anilines is 1. The molecule has 0 aliphatic heterocycles. The second-order valence-electron chi connectivity index (χ2n) is 6.20. The highest BCUT2D eigenvalue weighted by Gasteiger charge is 2.41. The number of aliphatic hydroxyl groups is 3. The van der Waals surface area contributed by atoms with Gasteiger partial charge in [0.25, 0.3) is 0 Å². The molecule has 3 rings (SSSR count). The van der Waals surface area contributed by atoms with Gasteiger partial charge in [-0.15, -0.1) is 5.11 Å². The van der Waals surface area contributed by atoms with E-state index in [4.69, 9.17) is 11.6 Å². The van der Waals surface area contributed by atoms with Crippen LogP contribution in [0.15, 0.2) is 40.6 Å². The molecule has 0 unspecified atom stereocenters. The number of aliphatic hydroxyl groups excluding tert-OH is 3. The van der Waals surface area contributed by atoms with Gasteiger partial charge in [0.05, 0.1) is 17.8 Å². The quantitative estimate of drug-likeness (QED) is 0.468. The van der Waals surface area contributed by atoms with Gasteiger partial charge < -0.3 is 20.6 Å². The number of halogens is 1. The average molecular weight is 378 g/mol. The van der Waals surface area contributed by atoms with Gasteiger partial charge in [0.15, 0.2) is 16.7 Å². The van der Waals surface area contributed by atoms with E-state index in [-0.39, 0.29) is 17.4 Å². The van der Waals surface area contributed by atoms with Gasteiger partial charge in [-0.25, -0.2) is 9.97 Å². The van der Waals surface area contributed by atoms with Crippen molar-refractivity contribution in [2.75, 3.05) is 11.9 Å². The van der Waals surface area contributed by atoms with E-state index in [0.29, 0.717) is 23.8 Å². The molecule has 1 aliphatic rings. The molecule has 1 heterocycles. The van der Waals surface area contributed by atoms with Crippen LogP contribution in [0.25, 0.3) is 0 Å². The summed E-state index contributed by atoms with van der Waals surface area (Å²) in [5.74, 6) is 0.343. The molecule has 1 fully saturated rings. The maximum atomic E-state index is 10.2. The third-order valence-corrected chi connectivity index (χ3v) is 4.60. The molecule has 4 atom stereocenters. The molecule has 0 radical (unpaired) electrons. The highest BCUT2D eigenvalue weighted by molar-refractivity contribution is 6.32. The van der Waals surface area contributed by atoms with Crippen molar-refractivity contribution < 1.29 is 15.3 Å². The maximum Gasteiger partial charge on any atom is 0.165 e. The van der Waals surface area contributed by atoms with Crippen molar-refractivity contribution in [3.05, 3.63) is 41.3 Å². The molecule has 26 heavy (non-hydrogen) atoms. The summed E-state index contributed by atoms with van der Waals surface area (Å²) in [5, 5.41) is 41.0. The minimum Gasteiger partial charge on any atom is -0.396 e. The lowest BCUT2D eigenvalue weighted by atomic mass is 10.1. The minimum absolute atomic E-state index is 0.131. The summed E-state index contributed by atoms with van der Waals surface area (Å²) in [6.45, 7) is 1.48. The second-order valence-corrected chi connectivity index (χ2v) is 6.56. The zero-order valence-electron chi connectivity index (χ0n) is 14.1. The number of nitrogens with one attached hydrogen (secondary N) is 1. The molecule has 8 nitrogen and oxygen atoms in total. The first kappa shape index (κ1) is 18.7. The van der Waals surface area contributed by atoms with Crippen molar-refractivity contribution in [2.45, 2.75) is 31.6 Å². The van der Waals surface area contributed by atoms with Crippen molar-refractivity contribution in [1.29, 1.82) is 0 Å². The van der Waals surface area contributed by atoms with E-state index < -0.39 is 24.2 Å². The number of benzene rings is 1. The Labute approximate surface area is 155 Å². The third-order valence-electron chi connectivity index (χ3n) is 4.33. The average Bonchev–Trinajstić information content (AvgIpc) is 2.89. The molecule has 9 heteroatoms. The molecule has 1 aliphatic carbocycles. The fraction of sp³-hybridized carbons (Fsp3) is 0.412. The van der Waals surface area contributed by atoms with Crippen LogP contribution < -0.4 is 5.32 Å². The van der Waals surface area contributed by atoms with E-state index in [1.807, 2.05) is 18.2 Å². The normalized spacial score (nSPS) is 25.7. The molecule has 1 aromatic heterocycles. The Morgan fingerprint density at radius 2 is 1.88 bits per heavy atom. The van der Waals surface area contributed by atoms with Gasteiger partial charge in [-0.2, -0.15) is 5.11 Å². The van der Waals surface area contributed by atoms with Crippen LogP contribution in [0.3, 0.4) is 0 Å². The molecular formula is C17H20ClN5O3. The number of hydrogen-bond acceptors (Lipinski definition) is 8. The van der Waals surface area contributed by atoms with Gasteiger partial charge in [0.1, 0.15) is 11.9 Å². The van der Waals surface area contributed by atoms with Crippen molar-refractivity contribution in [3.63, 3.8) is 0 Å². The van der Waals surface area contributed by atoms with E-state index in [9.17, 15) is 15.3 Å². The standard InChI is InChI=1S/C17H20ClN5O3/c1-9-19-16(18)13(23-22-11-5-3-2-4-6-11)17(20-9)21-12-7-10(8-24)14(25)15(12)26/h2-6,10,12,14-15,24-26H,7-8H2,1H3,(H,19,20,21)/b23-22+/t10-,12-,14-,15+/m1/s1. The van der Waals surface area contributed by atoms with Crippen molar-refractivity contribution >= 4 is 28.8 Å². The summed E-state index contributed by atoms with van der Waals surface area (Å²) in [4.78, 5) is 8.40. The first-order valence-electron chi connectivity index (χ1n) is 8.24. The summed E-state index contributed by atoms with van der Waals surface area (Å²) in [6.07, 6.45) is -1.67. The number of rotatable bonds is 5. The Morgan fingerprint density at radius 1 is 1.15 bits per heavy atom. The lowest BCUT2D eigenvalue weighted by Crippen LogP contribution is -2.35. The monoisotopic (exact) mass is 377 g/mol. The Balaban J connectivity index is 1.88. The molecule has 0 saturated heterocycles. The zero-order valence-corrected chi connectivity index (χ0v) is 14.9.